The van der Waals surface area contributed by atoms with E-state index in [1.54, 1.807) is 0 Å². The van der Waals surface area contributed by atoms with Gasteiger partial charge in [0, 0.05) is 0 Å². The van der Waals surface area contributed by atoms with Gasteiger partial charge in [-0.2, -0.15) is 0 Å². The molecule has 1 atom stereocenters. The van der Waals surface area contributed by atoms with Gasteiger partial charge in [0.2, 0.25) is 0 Å². The van der Waals surface area contributed by atoms with E-state index in [0.29, 0.717) is 11.7 Å². The third-order valence-electron chi connectivity index (χ3n) is 1.29. The van der Waals surface area contributed by atoms with Gasteiger partial charge < -0.3 is 5.02 Å². The summed E-state index contributed by atoms with van der Waals surface area (Å²) in [5, 5.41) is 8.38. The van der Waals surface area contributed by atoms with Gasteiger partial charge in [0.15, 0.2) is 0 Å². The molecule has 0 amide bonds. The van der Waals surface area contributed by atoms with Crippen LogP contribution in [0, 0.1) is 5.92 Å². The first kappa shape index (κ1) is 7.02. The Hall–Kier alpha value is 0.0249. The van der Waals surface area contributed by atoms with Crippen LogP contribution in [-0.4, -0.2) is 12.5 Å². The Labute approximate surface area is 46.0 Å². The van der Waals surface area contributed by atoms with E-state index in [9.17, 15) is 0 Å². The Bertz CT molecular complexity index is 45.3. The fourth-order valence-electron chi connectivity index (χ4n) is 0.172. The molecule has 2 heteroatoms. The molecule has 0 saturated heterocycles. The molecule has 0 aromatic carbocycles. The lowest BCUT2D eigenvalue weighted by atomic mass is 9.75. The summed E-state index contributed by atoms with van der Waals surface area (Å²) in [5.74, 6) is 0.894. The van der Waals surface area contributed by atoms with Crippen molar-refractivity contribution in [1.82, 2.24) is 0 Å². The fourth-order valence-corrected chi connectivity index (χ4v) is 0.172. The van der Waals surface area contributed by atoms with Gasteiger partial charge in [-0.15, -0.1) is 0 Å². The van der Waals surface area contributed by atoms with E-state index in [2.05, 4.69) is 13.8 Å². The van der Waals surface area contributed by atoms with E-state index in [1.165, 1.54) is 7.48 Å². The molecular weight excluding hydrogens is 86.9 g/mol. The highest BCUT2D eigenvalue weighted by Crippen LogP contribution is 2.12. The van der Waals surface area contributed by atoms with Crippen molar-refractivity contribution >= 4 is 7.48 Å². The van der Waals surface area contributed by atoms with Crippen molar-refractivity contribution in [3.63, 3.8) is 0 Å². The zero-order valence-corrected chi connectivity index (χ0v) is 5.18. The lowest BCUT2D eigenvalue weighted by Crippen LogP contribution is -2.04. The largest absolute Gasteiger partial charge is 0.454 e. The summed E-state index contributed by atoms with van der Waals surface area (Å²) in [7, 11) is 1.24. The van der Waals surface area contributed by atoms with Gasteiger partial charge in [0.05, 0.1) is 0 Å². The van der Waals surface area contributed by atoms with Gasteiger partial charge in [0.1, 0.15) is 0 Å². The Morgan fingerprint density at radius 1 is 1.29 bits per heavy atom. The van der Waals surface area contributed by atoms with Crippen LogP contribution in [0.1, 0.15) is 20.8 Å². The van der Waals surface area contributed by atoms with E-state index >= 15 is 0 Å². The van der Waals surface area contributed by atoms with Crippen LogP contribution in [0.25, 0.3) is 0 Å². The van der Waals surface area contributed by atoms with Crippen LogP contribution in [0.3, 0.4) is 0 Å². The minimum Gasteiger partial charge on any atom is -0.454 e. The summed E-state index contributed by atoms with van der Waals surface area (Å²) in [6, 6.07) is 0. The molecule has 1 N–H and O–H groups in total. The van der Waals surface area contributed by atoms with E-state index in [-0.39, 0.29) is 0 Å². The third-order valence-corrected chi connectivity index (χ3v) is 1.29. The van der Waals surface area contributed by atoms with E-state index < -0.39 is 0 Å². The molecule has 1 nitrogen and oxygen atoms in total. The van der Waals surface area contributed by atoms with Crippen molar-refractivity contribution in [2.45, 2.75) is 26.6 Å². The van der Waals surface area contributed by atoms with Crippen molar-refractivity contribution in [1.29, 1.82) is 0 Å². The predicted molar refractivity (Wildman–Crippen MR) is 32.2 cm³/mol. The highest BCUT2D eigenvalue weighted by molar-refractivity contribution is 6.27. The Balaban J connectivity index is 3.14. The van der Waals surface area contributed by atoms with Gasteiger partial charge in [-0.3, -0.25) is 0 Å². The fraction of sp³-hybridized carbons (Fsp3) is 1.00. The summed E-state index contributed by atoms with van der Waals surface area (Å²) in [6.45, 7) is 6.15. The molecule has 1 unspecified atom stereocenters. The summed E-state index contributed by atoms with van der Waals surface area (Å²) >= 11 is 0. The molecule has 41 valence electrons. The molecule has 0 bridgehead atoms. The van der Waals surface area contributed by atoms with Crippen molar-refractivity contribution in [2.24, 2.45) is 5.92 Å². The summed E-state index contributed by atoms with van der Waals surface area (Å²) in [4.78, 5) is 0. The second-order valence-corrected chi connectivity index (χ2v) is 2.25. The maximum Gasteiger partial charge on any atom is 0.290 e. The second-order valence-electron chi connectivity index (χ2n) is 2.25. The summed E-state index contributed by atoms with van der Waals surface area (Å²) in [6.07, 6.45) is 0. The Morgan fingerprint density at radius 3 is 1.71 bits per heavy atom. The van der Waals surface area contributed by atoms with Crippen molar-refractivity contribution < 1.29 is 5.02 Å². The van der Waals surface area contributed by atoms with Crippen LogP contribution in [0.15, 0.2) is 0 Å². The molecule has 0 aromatic heterocycles. The zero-order chi connectivity index (χ0) is 5.86. The normalized spacial score (nSPS) is 14.4. The van der Waals surface area contributed by atoms with Crippen molar-refractivity contribution in [3.8, 4) is 0 Å². The van der Waals surface area contributed by atoms with Crippen LogP contribution in [0.2, 0.25) is 5.82 Å². The first-order chi connectivity index (χ1) is 3.18. The molecular formula is C5H12BO. The van der Waals surface area contributed by atoms with Gasteiger partial charge in [-0.25, -0.2) is 0 Å². The Morgan fingerprint density at radius 2 is 1.71 bits per heavy atom. The molecule has 7 heavy (non-hydrogen) atoms. The van der Waals surface area contributed by atoms with Crippen LogP contribution < -0.4 is 0 Å². The third kappa shape index (κ3) is 2.69. The minimum absolute atomic E-state index is 0.333. The number of hydrogen-bond acceptors (Lipinski definition) is 1. The maximum atomic E-state index is 8.38. The molecule has 0 aliphatic carbocycles. The molecule has 0 aliphatic heterocycles. The monoisotopic (exact) mass is 99.1 g/mol. The quantitative estimate of drug-likeness (QED) is 0.513. The smallest absolute Gasteiger partial charge is 0.290 e. The van der Waals surface area contributed by atoms with Crippen LogP contribution >= 0.6 is 0 Å². The zero-order valence-electron chi connectivity index (χ0n) is 5.18. The first-order valence-electron chi connectivity index (χ1n) is 2.66. The standard InChI is InChI=1S/C5H12BO/c1-4(2)5(3)6-7/h4-5,7H,1-3H3. The van der Waals surface area contributed by atoms with Gasteiger partial charge in [0.25, 0.3) is 7.48 Å². The molecule has 0 aliphatic rings. The average molecular weight is 99.0 g/mol. The average Bonchev–Trinajstić information content (AvgIpc) is 1.65. The lowest BCUT2D eigenvalue weighted by Gasteiger charge is -2.08. The van der Waals surface area contributed by atoms with E-state index in [4.69, 9.17) is 5.02 Å². The lowest BCUT2D eigenvalue weighted by molar-refractivity contribution is 0.528. The van der Waals surface area contributed by atoms with E-state index in [0.717, 1.165) is 0 Å². The summed E-state index contributed by atoms with van der Waals surface area (Å²) < 4.78 is 0. The minimum atomic E-state index is 0.333. The number of hydrogen-bond donors (Lipinski definition) is 1. The molecule has 0 fully saturated rings. The highest BCUT2D eigenvalue weighted by atomic mass is 16.2. The second kappa shape index (κ2) is 3.08. The molecule has 0 heterocycles. The first-order valence-corrected chi connectivity index (χ1v) is 2.66. The van der Waals surface area contributed by atoms with E-state index in [1.807, 2.05) is 6.92 Å². The highest BCUT2D eigenvalue weighted by Gasteiger charge is 2.05. The molecule has 0 saturated carbocycles. The summed E-state index contributed by atoms with van der Waals surface area (Å²) in [5.41, 5.74) is 0. The number of rotatable bonds is 2. The maximum absolute atomic E-state index is 8.38. The van der Waals surface area contributed by atoms with Crippen LogP contribution in [-0.2, 0) is 0 Å². The Kier molecular flexibility index (Phi) is 3.09. The predicted octanol–water partition coefficient (Wildman–Crippen LogP) is 1.06. The molecule has 0 rings (SSSR count). The SMILES string of the molecule is CC(C)C(C)[B]O. The molecule has 0 aromatic rings. The topological polar surface area (TPSA) is 20.2 Å². The van der Waals surface area contributed by atoms with Crippen molar-refractivity contribution in [2.75, 3.05) is 0 Å². The van der Waals surface area contributed by atoms with Gasteiger partial charge in [-0.05, 0) is 11.7 Å². The van der Waals surface area contributed by atoms with Crippen LogP contribution in [0.4, 0.5) is 0 Å². The molecule has 1 radical (unpaired) electrons. The van der Waals surface area contributed by atoms with Gasteiger partial charge >= 0.3 is 0 Å². The van der Waals surface area contributed by atoms with Crippen LogP contribution in [0.5, 0.6) is 0 Å². The molecule has 0 spiro atoms. The van der Waals surface area contributed by atoms with Gasteiger partial charge in [-0.1, -0.05) is 20.8 Å². The van der Waals surface area contributed by atoms with Crippen molar-refractivity contribution in [3.05, 3.63) is 0 Å².